The molecule has 1 unspecified atom stereocenters. The smallest absolute Gasteiger partial charge is 0.142 e. The minimum absolute atomic E-state index is 0.0992. The van der Waals surface area contributed by atoms with Crippen molar-refractivity contribution in [3.05, 3.63) is 24.3 Å². The van der Waals surface area contributed by atoms with Crippen molar-refractivity contribution in [1.29, 1.82) is 0 Å². The maximum absolute atomic E-state index is 5.89. The first-order chi connectivity index (χ1) is 8.61. The summed E-state index contributed by atoms with van der Waals surface area (Å²) in [4.78, 5) is 2.44. The lowest BCUT2D eigenvalue weighted by Crippen LogP contribution is -2.44. The molecule has 1 aliphatic heterocycles. The fraction of sp³-hybridized carbons (Fsp3) is 0.600. The van der Waals surface area contributed by atoms with Crippen LogP contribution in [0.25, 0.3) is 0 Å². The average Bonchev–Trinajstić information content (AvgIpc) is 2.65. The van der Waals surface area contributed by atoms with Gasteiger partial charge in [0, 0.05) is 12.1 Å². The van der Waals surface area contributed by atoms with E-state index >= 15 is 0 Å². The van der Waals surface area contributed by atoms with Gasteiger partial charge in [0.05, 0.1) is 12.3 Å². The van der Waals surface area contributed by atoms with Gasteiger partial charge in [-0.3, -0.25) is 0 Å². The van der Waals surface area contributed by atoms with Crippen LogP contribution in [-0.2, 0) is 0 Å². The van der Waals surface area contributed by atoms with Crippen molar-refractivity contribution in [3.8, 4) is 5.75 Å². The summed E-state index contributed by atoms with van der Waals surface area (Å²) in [7, 11) is 0. The second kappa shape index (κ2) is 5.19. The topological polar surface area (TPSA) is 38.5 Å². The summed E-state index contributed by atoms with van der Waals surface area (Å²) in [5.41, 5.74) is 7.18. The zero-order valence-electron chi connectivity index (χ0n) is 11.6. The summed E-state index contributed by atoms with van der Waals surface area (Å²) < 4.78 is 5.74. The van der Waals surface area contributed by atoms with Gasteiger partial charge >= 0.3 is 0 Å². The minimum atomic E-state index is 0.0992. The summed E-state index contributed by atoms with van der Waals surface area (Å²) >= 11 is 0. The molecule has 1 aromatic rings. The van der Waals surface area contributed by atoms with Gasteiger partial charge in [-0.15, -0.1) is 0 Å². The van der Waals surface area contributed by atoms with Gasteiger partial charge in [0.2, 0.25) is 0 Å². The first-order valence-electron chi connectivity index (χ1n) is 6.80. The maximum Gasteiger partial charge on any atom is 0.142 e. The quantitative estimate of drug-likeness (QED) is 0.890. The third-order valence-electron chi connectivity index (χ3n) is 4.14. The fourth-order valence-electron chi connectivity index (χ4n) is 2.94. The molecule has 0 aromatic heterocycles. The van der Waals surface area contributed by atoms with Crippen molar-refractivity contribution >= 4 is 5.69 Å². The van der Waals surface area contributed by atoms with Crippen LogP contribution in [0.1, 0.15) is 27.2 Å². The van der Waals surface area contributed by atoms with E-state index < -0.39 is 0 Å². The molecule has 100 valence electrons. The first kappa shape index (κ1) is 13.2. The highest BCUT2D eigenvalue weighted by Crippen LogP contribution is 2.41. The van der Waals surface area contributed by atoms with E-state index in [-0.39, 0.29) is 5.54 Å². The van der Waals surface area contributed by atoms with Gasteiger partial charge < -0.3 is 15.4 Å². The fourth-order valence-corrected chi connectivity index (χ4v) is 2.94. The third-order valence-corrected chi connectivity index (χ3v) is 4.14. The van der Waals surface area contributed by atoms with Crippen LogP contribution in [0, 0.1) is 5.92 Å². The second-order valence-corrected chi connectivity index (χ2v) is 5.43. The Morgan fingerprint density at radius 2 is 2.11 bits per heavy atom. The SMILES string of the molecule is CCOc1ccccc1N1CCC(CN)C1(C)C. The van der Waals surface area contributed by atoms with E-state index in [1.807, 2.05) is 19.1 Å². The Morgan fingerprint density at radius 1 is 1.39 bits per heavy atom. The van der Waals surface area contributed by atoms with Crippen molar-refractivity contribution in [2.24, 2.45) is 11.7 Å². The lowest BCUT2D eigenvalue weighted by Gasteiger charge is -2.38. The van der Waals surface area contributed by atoms with Gasteiger partial charge in [0.15, 0.2) is 0 Å². The van der Waals surface area contributed by atoms with E-state index in [1.54, 1.807) is 0 Å². The number of para-hydroxylation sites is 2. The number of anilines is 1. The molecule has 0 aliphatic carbocycles. The van der Waals surface area contributed by atoms with Gasteiger partial charge in [-0.25, -0.2) is 0 Å². The third kappa shape index (κ3) is 2.19. The molecule has 2 rings (SSSR count). The molecule has 0 radical (unpaired) electrons. The van der Waals surface area contributed by atoms with Crippen molar-refractivity contribution < 1.29 is 4.74 Å². The molecule has 2 N–H and O–H groups in total. The molecule has 1 fully saturated rings. The number of rotatable bonds is 4. The highest BCUT2D eigenvalue weighted by Gasteiger charge is 2.41. The van der Waals surface area contributed by atoms with E-state index in [0.717, 1.165) is 25.3 Å². The van der Waals surface area contributed by atoms with Crippen molar-refractivity contribution in [2.45, 2.75) is 32.7 Å². The van der Waals surface area contributed by atoms with Crippen LogP contribution in [0.2, 0.25) is 0 Å². The van der Waals surface area contributed by atoms with E-state index in [0.29, 0.717) is 12.5 Å². The standard InChI is InChI=1S/C15H24N2O/c1-4-18-14-8-6-5-7-13(14)17-10-9-12(11-16)15(17,2)3/h5-8,12H,4,9-11,16H2,1-3H3. The molecule has 3 nitrogen and oxygen atoms in total. The van der Waals surface area contributed by atoms with Crippen LogP contribution >= 0.6 is 0 Å². The minimum Gasteiger partial charge on any atom is -0.492 e. The zero-order valence-corrected chi connectivity index (χ0v) is 11.6. The normalized spacial score (nSPS) is 22.2. The summed E-state index contributed by atoms with van der Waals surface area (Å²) in [6.07, 6.45) is 1.16. The summed E-state index contributed by atoms with van der Waals surface area (Å²) in [6.45, 7) is 9.08. The molecule has 1 aromatic carbocycles. The Bertz CT molecular complexity index is 403. The first-order valence-corrected chi connectivity index (χ1v) is 6.80. The highest BCUT2D eigenvalue weighted by molar-refractivity contribution is 5.61. The number of nitrogens with two attached hydrogens (primary N) is 1. The molecular formula is C15H24N2O. The van der Waals surface area contributed by atoms with Crippen LogP contribution in [0.3, 0.4) is 0 Å². The van der Waals surface area contributed by atoms with Crippen LogP contribution < -0.4 is 15.4 Å². The van der Waals surface area contributed by atoms with Gasteiger partial charge in [-0.1, -0.05) is 12.1 Å². The predicted molar refractivity (Wildman–Crippen MR) is 76.2 cm³/mol. The van der Waals surface area contributed by atoms with Crippen molar-refractivity contribution in [3.63, 3.8) is 0 Å². The van der Waals surface area contributed by atoms with E-state index in [2.05, 4.69) is 30.9 Å². The van der Waals surface area contributed by atoms with E-state index in [1.165, 1.54) is 5.69 Å². The predicted octanol–water partition coefficient (Wildman–Crippen LogP) is 2.65. The molecule has 1 saturated heterocycles. The molecule has 1 atom stereocenters. The molecule has 18 heavy (non-hydrogen) atoms. The average molecular weight is 248 g/mol. The Kier molecular flexibility index (Phi) is 3.81. The van der Waals surface area contributed by atoms with Crippen LogP contribution in [0.5, 0.6) is 5.75 Å². The Labute approximate surface area is 110 Å². The molecular weight excluding hydrogens is 224 g/mol. The number of benzene rings is 1. The van der Waals surface area contributed by atoms with E-state index in [9.17, 15) is 0 Å². The molecule has 0 amide bonds. The number of nitrogens with zero attached hydrogens (tertiary/aromatic N) is 1. The van der Waals surface area contributed by atoms with Gasteiger partial charge in [0.1, 0.15) is 5.75 Å². The summed E-state index contributed by atoms with van der Waals surface area (Å²) in [6, 6.07) is 8.29. The molecule has 1 heterocycles. The number of hydrogen-bond acceptors (Lipinski definition) is 3. The van der Waals surface area contributed by atoms with E-state index in [4.69, 9.17) is 10.5 Å². The zero-order chi connectivity index (χ0) is 13.2. The van der Waals surface area contributed by atoms with Crippen molar-refractivity contribution in [1.82, 2.24) is 0 Å². The number of ether oxygens (including phenoxy) is 1. The maximum atomic E-state index is 5.89. The summed E-state index contributed by atoms with van der Waals surface area (Å²) in [5.74, 6) is 1.53. The molecule has 1 aliphatic rings. The molecule has 0 saturated carbocycles. The highest BCUT2D eigenvalue weighted by atomic mass is 16.5. The number of hydrogen-bond donors (Lipinski definition) is 1. The van der Waals surface area contributed by atoms with Crippen LogP contribution in [0.15, 0.2) is 24.3 Å². The summed E-state index contributed by atoms with van der Waals surface area (Å²) in [5, 5.41) is 0. The second-order valence-electron chi connectivity index (χ2n) is 5.43. The Hall–Kier alpha value is -1.22. The van der Waals surface area contributed by atoms with Gasteiger partial charge in [-0.05, 0) is 51.8 Å². The Morgan fingerprint density at radius 3 is 2.72 bits per heavy atom. The molecule has 0 bridgehead atoms. The van der Waals surface area contributed by atoms with Gasteiger partial charge in [-0.2, -0.15) is 0 Å². The Balaban J connectivity index is 2.32. The van der Waals surface area contributed by atoms with Gasteiger partial charge in [0.25, 0.3) is 0 Å². The molecule has 3 heteroatoms. The largest absolute Gasteiger partial charge is 0.492 e. The monoisotopic (exact) mass is 248 g/mol. The van der Waals surface area contributed by atoms with Crippen LogP contribution in [0.4, 0.5) is 5.69 Å². The molecule has 0 spiro atoms. The lowest BCUT2D eigenvalue weighted by molar-refractivity contribution is 0.334. The lowest BCUT2D eigenvalue weighted by atomic mass is 9.88. The van der Waals surface area contributed by atoms with Crippen molar-refractivity contribution in [2.75, 3.05) is 24.6 Å². The van der Waals surface area contributed by atoms with Crippen LogP contribution in [-0.4, -0.2) is 25.2 Å².